The molecule has 2 aliphatic heterocycles. The molecule has 128 valence electrons. The van der Waals surface area contributed by atoms with Gasteiger partial charge in [-0.15, -0.1) is 12.4 Å². The Labute approximate surface area is 146 Å². The maximum atomic E-state index is 12.6. The highest BCUT2D eigenvalue weighted by Gasteiger charge is 2.40. The first-order chi connectivity index (χ1) is 10.6. The van der Waals surface area contributed by atoms with Gasteiger partial charge in [-0.3, -0.25) is 9.59 Å². The van der Waals surface area contributed by atoms with Crippen molar-refractivity contribution in [2.45, 2.75) is 18.4 Å². The first kappa shape index (κ1) is 18.2. The lowest BCUT2D eigenvalue weighted by Crippen LogP contribution is -2.61. The Hall–Kier alpha value is -1.15. The lowest BCUT2D eigenvalue weighted by atomic mass is 9.89. The fourth-order valence-electron chi connectivity index (χ4n) is 2.95. The van der Waals surface area contributed by atoms with Gasteiger partial charge in [-0.1, -0.05) is 0 Å². The third kappa shape index (κ3) is 3.85. The van der Waals surface area contributed by atoms with Crippen molar-refractivity contribution in [3.63, 3.8) is 0 Å². The number of hydrogen-bond acceptors (Lipinski definition) is 5. The van der Waals surface area contributed by atoms with Crippen molar-refractivity contribution in [1.82, 2.24) is 9.80 Å². The van der Waals surface area contributed by atoms with Crippen molar-refractivity contribution in [2.24, 2.45) is 5.73 Å². The summed E-state index contributed by atoms with van der Waals surface area (Å²) < 4.78 is 5.29. The van der Waals surface area contributed by atoms with Crippen LogP contribution in [0.5, 0.6) is 0 Å². The lowest BCUT2D eigenvalue weighted by Gasteiger charge is -2.40. The number of halogens is 1. The van der Waals surface area contributed by atoms with Crippen LogP contribution in [0.4, 0.5) is 0 Å². The van der Waals surface area contributed by atoms with Gasteiger partial charge in [0, 0.05) is 44.8 Å². The van der Waals surface area contributed by atoms with Crippen molar-refractivity contribution >= 4 is 35.6 Å². The van der Waals surface area contributed by atoms with Crippen LogP contribution in [0.15, 0.2) is 16.8 Å². The molecular formula is C15H22ClN3O3S. The van der Waals surface area contributed by atoms with E-state index in [2.05, 4.69) is 0 Å². The van der Waals surface area contributed by atoms with Crippen molar-refractivity contribution < 1.29 is 14.3 Å². The van der Waals surface area contributed by atoms with Crippen LogP contribution in [0.1, 0.15) is 23.2 Å². The van der Waals surface area contributed by atoms with Gasteiger partial charge in [0.25, 0.3) is 5.91 Å². The molecule has 0 unspecified atom stereocenters. The van der Waals surface area contributed by atoms with Crippen LogP contribution in [-0.2, 0) is 9.53 Å². The van der Waals surface area contributed by atoms with Gasteiger partial charge in [0.1, 0.15) is 0 Å². The summed E-state index contributed by atoms with van der Waals surface area (Å²) in [5.74, 6) is 0.0420. The molecule has 2 fully saturated rings. The van der Waals surface area contributed by atoms with Crippen LogP contribution in [0.2, 0.25) is 0 Å². The van der Waals surface area contributed by atoms with Crippen LogP contribution in [0, 0.1) is 0 Å². The van der Waals surface area contributed by atoms with Crippen LogP contribution in [0.3, 0.4) is 0 Å². The van der Waals surface area contributed by atoms with E-state index in [1.54, 1.807) is 9.80 Å². The van der Waals surface area contributed by atoms with E-state index in [0.717, 1.165) is 5.56 Å². The highest BCUT2D eigenvalue weighted by atomic mass is 35.5. The number of thiophene rings is 1. The fourth-order valence-corrected chi connectivity index (χ4v) is 3.58. The molecule has 0 spiro atoms. The predicted octanol–water partition coefficient (Wildman–Crippen LogP) is 0.962. The van der Waals surface area contributed by atoms with E-state index in [9.17, 15) is 9.59 Å². The molecule has 0 atom stereocenters. The molecule has 8 heteroatoms. The second-order valence-corrected chi connectivity index (χ2v) is 6.64. The van der Waals surface area contributed by atoms with Gasteiger partial charge in [-0.05, 0) is 24.3 Å². The SMILES string of the molecule is Cl.NC1(C(=O)N2CCN(C(=O)c3ccsc3)CC2)CCOCC1. The Morgan fingerprint density at radius 3 is 2.30 bits per heavy atom. The van der Waals surface area contributed by atoms with E-state index in [0.29, 0.717) is 52.2 Å². The number of rotatable bonds is 2. The smallest absolute Gasteiger partial charge is 0.254 e. The molecule has 0 aromatic carbocycles. The molecule has 2 aliphatic rings. The Bertz CT molecular complexity index is 538. The van der Waals surface area contributed by atoms with Crippen LogP contribution in [-0.4, -0.2) is 66.5 Å². The quantitative estimate of drug-likeness (QED) is 0.853. The summed E-state index contributed by atoms with van der Waals surface area (Å²) in [6.07, 6.45) is 1.14. The number of ether oxygens (including phenoxy) is 1. The zero-order chi connectivity index (χ0) is 15.6. The molecular weight excluding hydrogens is 338 g/mol. The first-order valence-corrected chi connectivity index (χ1v) is 8.52. The van der Waals surface area contributed by atoms with Crippen LogP contribution in [0.25, 0.3) is 0 Å². The standard InChI is InChI=1S/C15H21N3O3S.ClH/c16-15(2-8-21-9-3-15)14(20)18-6-4-17(5-7-18)13(19)12-1-10-22-11-12;/h1,10-11H,2-9,16H2;1H. The fraction of sp³-hybridized carbons (Fsp3) is 0.600. The third-order valence-electron chi connectivity index (χ3n) is 4.43. The number of piperazine rings is 1. The van der Waals surface area contributed by atoms with Gasteiger partial charge >= 0.3 is 0 Å². The number of hydrogen-bond donors (Lipinski definition) is 1. The summed E-state index contributed by atoms with van der Waals surface area (Å²) in [4.78, 5) is 28.5. The second-order valence-electron chi connectivity index (χ2n) is 5.86. The Kier molecular flexibility index (Phi) is 6.02. The lowest BCUT2D eigenvalue weighted by molar-refractivity contribution is -0.142. The van der Waals surface area contributed by atoms with Crippen molar-refractivity contribution in [1.29, 1.82) is 0 Å². The summed E-state index contributed by atoms with van der Waals surface area (Å²) >= 11 is 1.52. The van der Waals surface area contributed by atoms with Crippen molar-refractivity contribution in [3.05, 3.63) is 22.4 Å². The maximum Gasteiger partial charge on any atom is 0.254 e. The molecule has 0 aliphatic carbocycles. The zero-order valence-electron chi connectivity index (χ0n) is 12.9. The average molecular weight is 360 g/mol. The highest BCUT2D eigenvalue weighted by Crippen LogP contribution is 2.21. The summed E-state index contributed by atoms with van der Waals surface area (Å²) in [5.41, 5.74) is 6.19. The predicted molar refractivity (Wildman–Crippen MR) is 91.0 cm³/mol. The van der Waals surface area contributed by atoms with E-state index in [1.807, 2.05) is 16.8 Å². The summed E-state index contributed by atoms with van der Waals surface area (Å²) in [6, 6.07) is 1.83. The van der Waals surface area contributed by atoms with E-state index < -0.39 is 5.54 Å². The number of nitrogens with zero attached hydrogens (tertiary/aromatic N) is 2. The van der Waals surface area contributed by atoms with E-state index in [4.69, 9.17) is 10.5 Å². The molecule has 0 saturated carbocycles. The first-order valence-electron chi connectivity index (χ1n) is 7.58. The molecule has 2 saturated heterocycles. The summed E-state index contributed by atoms with van der Waals surface area (Å²) in [6.45, 7) is 3.31. The molecule has 3 rings (SSSR count). The van der Waals surface area contributed by atoms with Crippen LogP contribution < -0.4 is 5.73 Å². The van der Waals surface area contributed by atoms with Gasteiger partial charge in [0.05, 0.1) is 11.1 Å². The molecule has 0 bridgehead atoms. The Morgan fingerprint density at radius 2 is 1.74 bits per heavy atom. The minimum atomic E-state index is -0.794. The summed E-state index contributed by atoms with van der Waals surface area (Å²) in [5, 5.41) is 3.76. The number of carbonyl (C=O) groups is 2. The molecule has 6 nitrogen and oxygen atoms in total. The van der Waals surface area contributed by atoms with Gasteiger partial charge < -0.3 is 20.3 Å². The second kappa shape index (κ2) is 7.61. The molecule has 23 heavy (non-hydrogen) atoms. The van der Waals surface area contributed by atoms with Crippen molar-refractivity contribution in [3.8, 4) is 0 Å². The molecule has 1 aromatic rings. The monoisotopic (exact) mass is 359 g/mol. The van der Waals surface area contributed by atoms with E-state index in [-0.39, 0.29) is 24.2 Å². The van der Waals surface area contributed by atoms with Gasteiger partial charge in [0.2, 0.25) is 5.91 Å². The molecule has 0 radical (unpaired) electrons. The largest absolute Gasteiger partial charge is 0.381 e. The zero-order valence-corrected chi connectivity index (χ0v) is 14.5. The Morgan fingerprint density at radius 1 is 1.13 bits per heavy atom. The van der Waals surface area contributed by atoms with Gasteiger partial charge in [0.15, 0.2) is 0 Å². The number of amides is 2. The minimum Gasteiger partial charge on any atom is -0.381 e. The molecule has 3 heterocycles. The van der Waals surface area contributed by atoms with Gasteiger partial charge in [-0.25, -0.2) is 0 Å². The summed E-state index contributed by atoms with van der Waals surface area (Å²) in [7, 11) is 0. The Balaban J connectivity index is 0.00000192. The average Bonchev–Trinajstić information content (AvgIpc) is 3.09. The van der Waals surface area contributed by atoms with Gasteiger partial charge in [-0.2, -0.15) is 11.3 Å². The van der Waals surface area contributed by atoms with Crippen LogP contribution >= 0.6 is 23.7 Å². The normalized spacial score (nSPS) is 20.7. The molecule has 1 aromatic heterocycles. The van der Waals surface area contributed by atoms with Crippen molar-refractivity contribution in [2.75, 3.05) is 39.4 Å². The maximum absolute atomic E-state index is 12.6. The topological polar surface area (TPSA) is 75.9 Å². The number of nitrogens with two attached hydrogens (primary N) is 1. The van der Waals surface area contributed by atoms with E-state index >= 15 is 0 Å². The van der Waals surface area contributed by atoms with E-state index in [1.165, 1.54) is 11.3 Å². The number of carbonyl (C=O) groups excluding carboxylic acids is 2. The highest BCUT2D eigenvalue weighted by molar-refractivity contribution is 7.08. The third-order valence-corrected chi connectivity index (χ3v) is 5.12. The molecule has 2 N–H and O–H groups in total. The minimum absolute atomic E-state index is 0. The molecule has 2 amide bonds.